The second kappa shape index (κ2) is 9.02. The van der Waals surface area contributed by atoms with Crippen LogP contribution in [0.4, 0.5) is 0 Å². The van der Waals surface area contributed by atoms with Crippen molar-refractivity contribution >= 4 is 35.8 Å². The number of fused-ring (bicyclic) bond motifs is 1. The highest BCUT2D eigenvalue weighted by atomic mass is 35.5. The van der Waals surface area contributed by atoms with Crippen LogP contribution in [0.15, 0.2) is 24.3 Å². The zero-order valence-electron chi connectivity index (χ0n) is 16.1. The van der Waals surface area contributed by atoms with Gasteiger partial charge in [-0.1, -0.05) is 24.4 Å². The summed E-state index contributed by atoms with van der Waals surface area (Å²) in [7, 11) is 0. The van der Waals surface area contributed by atoms with E-state index in [0.717, 1.165) is 45.2 Å². The fourth-order valence-electron chi connectivity index (χ4n) is 5.15. The van der Waals surface area contributed by atoms with E-state index in [9.17, 15) is 9.59 Å². The van der Waals surface area contributed by atoms with E-state index in [0.29, 0.717) is 29.0 Å². The van der Waals surface area contributed by atoms with Crippen molar-refractivity contribution in [2.75, 3.05) is 19.6 Å². The third kappa shape index (κ3) is 4.03. The summed E-state index contributed by atoms with van der Waals surface area (Å²) in [5.74, 6) is 0.909. The van der Waals surface area contributed by atoms with Crippen LogP contribution < -0.4 is 5.73 Å². The number of rotatable bonds is 3. The van der Waals surface area contributed by atoms with Crippen LogP contribution in [-0.2, 0) is 4.79 Å². The standard InChI is InChI=1S/C21H28ClN3O2.ClH/c22-17-7-5-15(6-8-17)20(26)25-18-4-2-1-3-16(18)11-19(25)21(27)24-10-9-14(12-23)13-24;/h5-8,14,16,18-19H,1-4,9-13,23H2;1H. The van der Waals surface area contributed by atoms with Crippen molar-refractivity contribution in [3.8, 4) is 0 Å². The fraction of sp³-hybridized carbons (Fsp3) is 0.619. The van der Waals surface area contributed by atoms with E-state index >= 15 is 0 Å². The van der Waals surface area contributed by atoms with Crippen molar-refractivity contribution in [3.63, 3.8) is 0 Å². The van der Waals surface area contributed by atoms with Crippen LogP contribution >= 0.6 is 24.0 Å². The number of halogens is 2. The number of nitrogens with zero attached hydrogens (tertiary/aromatic N) is 2. The van der Waals surface area contributed by atoms with Gasteiger partial charge in [-0.25, -0.2) is 0 Å². The van der Waals surface area contributed by atoms with Gasteiger partial charge in [0, 0.05) is 29.7 Å². The van der Waals surface area contributed by atoms with Gasteiger partial charge in [-0.3, -0.25) is 9.59 Å². The van der Waals surface area contributed by atoms with E-state index in [-0.39, 0.29) is 36.3 Å². The van der Waals surface area contributed by atoms with Crippen molar-refractivity contribution in [1.82, 2.24) is 9.80 Å². The average Bonchev–Trinajstić information content (AvgIpc) is 3.32. The molecule has 4 atom stereocenters. The highest BCUT2D eigenvalue weighted by Crippen LogP contribution is 2.41. The van der Waals surface area contributed by atoms with Gasteiger partial charge in [0.25, 0.3) is 5.91 Å². The zero-order chi connectivity index (χ0) is 19.0. The first-order valence-electron chi connectivity index (χ1n) is 10.2. The predicted molar refractivity (Wildman–Crippen MR) is 113 cm³/mol. The molecule has 3 fully saturated rings. The molecule has 0 radical (unpaired) electrons. The van der Waals surface area contributed by atoms with E-state index < -0.39 is 0 Å². The van der Waals surface area contributed by atoms with Crippen LogP contribution in [0.25, 0.3) is 0 Å². The maximum Gasteiger partial charge on any atom is 0.254 e. The molecule has 0 aromatic heterocycles. The number of carbonyl (C=O) groups excluding carboxylic acids is 2. The first-order chi connectivity index (χ1) is 13.1. The SMILES string of the molecule is Cl.NCC1CCN(C(=O)C2CC3CCCCC3N2C(=O)c2ccc(Cl)cc2)C1. The minimum atomic E-state index is -0.335. The van der Waals surface area contributed by atoms with E-state index in [1.54, 1.807) is 24.3 Å². The van der Waals surface area contributed by atoms with Gasteiger partial charge in [0.05, 0.1) is 0 Å². The van der Waals surface area contributed by atoms with Crippen LogP contribution in [0.1, 0.15) is 48.9 Å². The van der Waals surface area contributed by atoms with Gasteiger partial charge >= 0.3 is 0 Å². The summed E-state index contributed by atoms with van der Waals surface area (Å²) in [5.41, 5.74) is 6.41. The van der Waals surface area contributed by atoms with Gasteiger partial charge < -0.3 is 15.5 Å². The molecule has 1 aliphatic carbocycles. The fourth-order valence-corrected chi connectivity index (χ4v) is 5.28. The molecular weight excluding hydrogens is 397 g/mol. The average molecular weight is 426 g/mol. The van der Waals surface area contributed by atoms with Crippen molar-refractivity contribution in [3.05, 3.63) is 34.9 Å². The number of hydrogen-bond donors (Lipinski definition) is 1. The van der Waals surface area contributed by atoms with Crippen LogP contribution in [0.2, 0.25) is 5.02 Å². The number of nitrogens with two attached hydrogens (primary N) is 1. The Morgan fingerprint density at radius 3 is 2.50 bits per heavy atom. The molecule has 3 aliphatic rings. The number of benzene rings is 1. The maximum absolute atomic E-state index is 13.4. The summed E-state index contributed by atoms with van der Waals surface area (Å²) >= 11 is 5.98. The molecule has 7 heteroatoms. The lowest BCUT2D eigenvalue weighted by Gasteiger charge is -2.34. The van der Waals surface area contributed by atoms with E-state index in [1.807, 2.05) is 9.80 Å². The highest BCUT2D eigenvalue weighted by Gasteiger charge is 2.49. The lowest BCUT2D eigenvalue weighted by Crippen LogP contribution is -2.50. The van der Waals surface area contributed by atoms with Crippen molar-refractivity contribution < 1.29 is 9.59 Å². The summed E-state index contributed by atoms with van der Waals surface area (Å²) in [6, 6.07) is 6.87. The number of amides is 2. The van der Waals surface area contributed by atoms with Crippen molar-refractivity contribution in [1.29, 1.82) is 0 Å². The first kappa shape index (κ1) is 21.4. The Morgan fingerprint density at radius 1 is 1.11 bits per heavy atom. The predicted octanol–water partition coefficient (Wildman–Crippen LogP) is 3.34. The topological polar surface area (TPSA) is 66.6 Å². The molecule has 2 amide bonds. The lowest BCUT2D eigenvalue weighted by molar-refractivity contribution is -0.134. The smallest absolute Gasteiger partial charge is 0.254 e. The highest BCUT2D eigenvalue weighted by molar-refractivity contribution is 6.30. The monoisotopic (exact) mass is 425 g/mol. The molecule has 4 unspecified atom stereocenters. The maximum atomic E-state index is 13.4. The Bertz CT molecular complexity index is 712. The zero-order valence-corrected chi connectivity index (χ0v) is 17.6. The Balaban J connectivity index is 0.00000225. The molecule has 28 heavy (non-hydrogen) atoms. The molecule has 2 N–H and O–H groups in total. The molecule has 2 saturated heterocycles. The van der Waals surface area contributed by atoms with Gasteiger partial charge in [0.15, 0.2) is 0 Å². The van der Waals surface area contributed by atoms with Crippen molar-refractivity contribution in [2.24, 2.45) is 17.6 Å². The van der Waals surface area contributed by atoms with Gasteiger partial charge in [0.1, 0.15) is 6.04 Å². The largest absolute Gasteiger partial charge is 0.341 e. The van der Waals surface area contributed by atoms with Crippen LogP contribution in [0.3, 0.4) is 0 Å². The molecule has 0 bridgehead atoms. The molecule has 4 rings (SSSR count). The first-order valence-corrected chi connectivity index (χ1v) is 10.5. The number of hydrogen-bond acceptors (Lipinski definition) is 3. The van der Waals surface area contributed by atoms with E-state index in [1.165, 1.54) is 6.42 Å². The number of carbonyl (C=O) groups is 2. The quantitative estimate of drug-likeness (QED) is 0.806. The summed E-state index contributed by atoms with van der Waals surface area (Å²) in [6.45, 7) is 2.10. The van der Waals surface area contributed by atoms with Crippen molar-refractivity contribution in [2.45, 2.75) is 50.6 Å². The molecule has 2 aliphatic heterocycles. The molecule has 0 spiro atoms. The Labute approximate surface area is 178 Å². The minimum Gasteiger partial charge on any atom is -0.341 e. The van der Waals surface area contributed by atoms with Crippen LogP contribution in [-0.4, -0.2) is 53.3 Å². The Kier molecular flexibility index (Phi) is 6.89. The molecule has 1 saturated carbocycles. The van der Waals surface area contributed by atoms with Gasteiger partial charge in [-0.05, 0) is 68.3 Å². The van der Waals surface area contributed by atoms with E-state index in [4.69, 9.17) is 17.3 Å². The third-order valence-corrected chi connectivity index (χ3v) is 6.88. The third-order valence-electron chi connectivity index (χ3n) is 6.63. The lowest BCUT2D eigenvalue weighted by atomic mass is 9.84. The normalized spacial score (nSPS) is 29.4. The Hall–Kier alpha value is -1.30. The summed E-state index contributed by atoms with van der Waals surface area (Å²) in [5, 5.41) is 0.612. The molecule has 154 valence electrons. The van der Waals surface area contributed by atoms with E-state index in [2.05, 4.69) is 0 Å². The second-order valence-electron chi connectivity index (χ2n) is 8.26. The second-order valence-corrected chi connectivity index (χ2v) is 8.69. The van der Waals surface area contributed by atoms with Crippen LogP contribution in [0.5, 0.6) is 0 Å². The molecule has 2 heterocycles. The summed E-state index contributed by atoms with van der Waals surface area (Å²) in [4.78, 5) is 30.5. The number of likely N-dealkylation sites (tertiary alicyclic amines) is 2. The molecular formula is C21H29Cl2N3O2. The molecule has 5 nitrogen and oxygen atoms in total. The molecule has 1 aromatic carbocycles. The minimum absolute atomic E-state index is 0. The van der Waals surface area contributed by atoms with Gasteiger partial charge in [-0.2, -0.15) is 0 Å². The van der Waals surface area contributed by atoms with Crippen LogP contribution in [0, 0.1) is 11.8 Å². The molecule has 1 aromatic rings. The summed E-state index contributed by atoms with van der Waals surface area (Å²) in [6.07, 6.45) is 6.21. The summed E-state index contributed by atoms with van der Waals surface area (Å²) < 4.78 is 0. The Morgan fingerprint density at radius 2 is 1.82 bits per heavy atom. The van der Waals surface area contributed by atoms with Gasteiger partial charge in [0.2, 0.25) is 5.91 Å². The van der Waals surface area contributed by atoms with Gasteiger partial charge in [-0.15, -0.1) is 12.4 Å².